The van der Waals surface area contributed by atoms with E-state index in [0.717, 1.165) is 14.9 Å². The number of nitrogens with zero attached hydrogens (tertiary/aromatic N) is 2. The van der Waals surface area contributed by atoms with Crippen LogP contribution in [0.2, 0.25) is 0 Å². The van der Waals surface area contributed by atoms with Crippen molar-refractivity contribution in [3.8, 4) is 0 Å². The summed E-state index contributed by atoms with van der Waals surface area (Å²) in [6.07, 6.45) is 3.41. The van der Waals surface area contributed by atoms with Crippen molar-refractivity contribution >= 4 is 27.3 Å². The van der Waals surface area contributed by atoms with E-state index in [-0.39, 0.29) is 5.69 Å². The first-order valence-electron chi connectivity index (χ1n) is 4.42. The lowest BCUT2D eigenvalue weighted by Crippen LogP contribution is -2.22. The van der Waals surface area contributed by atoms with Crippen LogP contribution in [-0.2, 0) is 6.54 Å². The van der Waals surface area contributed by atoms with Crippen molar-refractivity contribution in [3.63, 3.8) is 0 Å². The van der Waals surface area contributed by atoms with Crippen molar-refractivity contribution in [2.45, 2.75) is 13.5 Å². The van der Waals surface area contributed by atoms with Gasteiger partial charge >= 0.3 is 5.69 Å². The number of aromatic nitrogens is 2. The summed E-state index contributed by atoms with van der Waals surface area (Å²) >= 11 is 5.07. The molecular formula is C10H9BrN2OS. The fraction of sp³-hybridized carbons (Fsp3) is 0.200. The zero-order valence-corrected chi connectivity index (χ0v) is 10.5. The molecule has 0 aliphatic heterocycles. The molecule has 0 saturated heterocycles. The molecule has 78 valence electrons. The summed E-state index contributed by atoms with van der Waals surface area (Å²) in [7, 11) is 0. The van der Waals surface area contributed by atoms with Gasteiger partial charge in [0.25, 0.3) is 0 Å². The molecule has 0 aliphatic rings. The second-order valence-corrected chi connectivity index (χ2v) is 5.09. The molecule has 0 spiro atoms. The molecule has 0 bridgehead atoms. The summed E-state index contributed by atoms with van der Waals surface area (Å²) in [5.74, 6) is 0. The Balaban J connectivity index is 2.36. The molecule has 2 aromatic heterocycles. The van der Waals surface area contributed by atoms with E-state index >= 15 is 0 Å². The molecule has 0 N–H and O–H groups in total. The van der Waals surface area contributed by atoms with Gasteiger partial charge in [-0.05, 0) is 39.9 Å². The third-order valence-corrected chi connectivity index (χ3v) is 3.90. The number of halogens is 1. The third kappa shape index (κ3) is 2.35. The molecule has 5 heteroatoms. The normalized spacial score (nSPS) is 10.5. The number of hydrogen-bond donors (Lipinski definition) is 0. The largest absolute Gasteiger partial charge is 0.347 e. The summed E-state index contributed by atoms with van der Waals surface area (Å²) < 4.78 is 2.66. The van der Waals surface area contributed by atoms with Crippen molar-refractivity contribution in [1.82, 2.24) is 9.55 Å². The average molecular weight is 285 g/mol. The van der Waals surface area contributed by atoms with Crippen LogP contribution in [0.3, 0.4) is 0 Å². The lowest BCUT2D eigenvalue weighted by atomic mass is 10.4. The Hall–Kier alpha value is -0.940. The van der Waals surface area contributed by atoms with Crippen molar-refractivity contribution in [2.24, 2.45) is 0 Å². The van der Waals surface area contributed by atoms with E-state index in [1.165, 1.54) is 0 Å². The topological polar surface area (TPSA) is 34.9 Å². The van der Waals surface area contributed by atoms with E-state index in [9.17, 15) is 4.79 Å². The van der Waals surface area contributed by atoms with Crippen LogP contribution < -0.4 is 5.69 Å². The van der Waals surface area contributed by atoms with E-state index in [2.05, 4.69) is 20.9 Å². The first-order valence-corrected chi connectivity index (χ1v) is 6.09. The maximum Gasteiger partial charge on any atom is 0.347 e. The molecule has 0 aromatic carbocycles. The molecule has 0 saturated carbocycles. The van der Waals surface area contributed by atoms with Crippen LogP contribution in [0.1, 0.15) is 10.4 Å². The highest BCUT2D eigenvalue weighted by atomic mass is 79.9. The SMILES string of the molecule is Cc1cnc(=O)n(Cc2sccc2Br)c1. The highest BCUT2D eigenvalue weighted by Gasteiger charge is 2.04. The number of thiophene rings is 1. The predicted molar refractivity (Wildman–Crippen MR) is 64.4 cm³/mol. The molecule has 2 rings (SSSR count). The zero-order chi connectivity index (χ0) is 10.8. The predicted octanol–water partition coefficient (Wildman–Crippen LogP) is 2.42. The van der Waals surface area contributed by atoms with Gasteiger partial charge in [0.2, 0.25) is 0 Å². The number of rotatable bonds is 2. The number of hydrogen-bond acceptors (Lipinski definition) is 3. The summed E-state index contributed by atoms with van der Waals surface area (Å²) in [5, 5.41) is 1.99. The fourth-order valence-corrected chi connectivity index (χ4v) is 2.75. The van der Waals surface area contributed by atoms with Crippen LogP contribution in [0, 0.1) is 6.92 Å². The standard InChI is InChI=1S/C10H9BrN2OS/c1-7-4-12-10(14)13(5-7)6-9-8(11)2-3-15-9/h2-5H,6H2,1H3. The van der Waals surface area contributed by atoms with Gasteiger partial charge in [0.1, 0.15) is 0 Å². The Morgan fingerprint density at radius 2 is 2.40 bits per heavy atom. The molecule has 0 unspecified atom stereocenters. The molecule has 15 heavy (non-hydrogen) atoms. The highest BCUT2D eigenvalue weighted by Crippen LogP contribution is 2.22. The minimum atomic E-state index is -0.207. The van der Waals surface area contributed by atoms with Gasteiger partial charge in [-0.25, -0.2) is 9.78 Å². The van der Waals surface area contributed by atoms with Crippen LogP contribution >= 0.6 is 27.3 Å². The molecule has 0 fully saturated rings. The van der Waals surface area contributed by atoms with Gasteiger partial charge in [-0.15, -0.1) is 11.3 Å². The summed E-state index contributed by atoms with van der Waals surface area (Å²) in [6, 6.07) is 1.98. The first-order chi connectivity index (χ1) is 7.16. The smallest absolute Gasteiger partial charge is 0.294 e. The summed E-state index contributed by atoms with van der Waals surface area (Å²) in [6.45, 7) is 2.50. The second kappa shape index (κ2) is 4.28. The summed E-state index contributed by atoms with van der Waals surface area (Å²) in [4.78, 5) is 16.4. The Bertz CT molecular complexity index is 532. The molecular weight excluding hydrogens is 276 g/mol. The van der Waals surface area contributed by atoms with E-state index in [1.54, 1.807) is 22.1 Å². The monoisotopic (exact) mass is 284 g/mol. The Morgan fingerprint density at radius 1 is 1.60 bits per heavy atom. The zero-order valence-electron chi connectivity index (χ0n) is 8.11. The highest BCUT2D eigenvalue weighted by molar-refractivity contribution is 9.10. The lowest BCUT2D eigenvalue weighted by Gasteiger charge is -2.04. The molecule has 0 amide bonds. The van der Waals surface area contributed by atoms with Gasteiger partial charge in [-0.1, -0.05) is 0 Å². The summed E-state index contributed by atoms with van der Waals surface area (Å²) in [5.41, 5.74) is 0.781. The minimum Gasteiger partial charge on any atom is -0.294 e. The van der Waals surface area contributed by atoms with E-state index in [1.807, 2.05) is 24.6 Å². The molecule has 3 nitrogen and oxygen atoms in total. The number of aryl methyl sites for hydroxylation is 1. The molecule has 0 aliphatic carbocycles. The minimum absolute atomic E-state index is 0.207. The second-order valence-electron chi connectivity index (χ2n) is 3.23. The van der Waals surface area contributed by atoms with Gasteiger partial charge in [-0.2, -0.15) is 0 Å². The maximum absolute atomic E-state index is 11.5. The van der Waals surface area contributed by atoms with Gasteiger partial charge in [0.15, 0.2) is 0 Å². The molecule has 0 radical (unpaired) electrons. The van der Waals surface area contributed by atoms with Crippen LogP contribution in [0.25, 0.3) is 0 Å². The molecule has 2 aromatic rings. The van der Waals surface area contributed by atoms with Crippen LogP contribution in [0.5, 0.6) is 0 Å². The van der Waals surface area contributed by atoms with Crippen LogP contribution in [0.15, 0.2) is 33.1 Å². The van der Waals surface area contributed by atoms with E-state index in [0.29, 0.717) is 6.54 Å². The van der Waals surface area contributed by atoms with Gasteiger partial charge in [0, 0.05) is 21.7 Å². The first kappa shape index (κ1) is 10.6. The van der Waals surface area contributed by atoms with Crippen molar-refractivity contribution < 1.29 is 0 Å². The fourth-order valence-electron chi connectivity index (χ4n) is 1.27. The average Bonchev–Trinajstić information content (AvgIpc) is 2.58. The van der Waals surface area contributed by atoms with Crippen molar-refractivity contribution in [3.05, 3.63) is 49.2 Å². The molecule has 2 heterocycles. The van der Waals surface area contributed by atoms with E-state index in [4.69, 9.17) is 0 Å². The Kier molecular flexibility index (Phi) is 3.02. The lowest BCUT2D eigenvalue weighted by molar-refractivity contribution is 0.728. The van der Waals surface area contributed by atoms with Crippen molar-refractivity contribution in [2.75, 3.05) is 0 Å². The molecule has 0 atom stereocenters. The maximum atomic E-state index is 11.5. The van der Waals surface area contributed by atoms with Crippen LogP contribution in [-0.4, -0.2) is 9.55 Å². The Morgan fingerprint density at radius 3 is 3.07 bits per heavy atom. The third-order valence-electron chi connectivity index (χ3n) is 1.99. The van der Waals surface area contributed by atoms with Gasteiger partial charge < -0.3 is 0 Å². The van der Waals surface area contributed by atoms with Gasteiger partial charge in [-0.3, -0.25) is 4.57 Å². The Labute approximate surface area is 99.5 Å². The van der Waals surface area contributed by atoms with Crippen molar-refractivity contribution in [1.29, 1.82) is 0 Å². The van der Waals surface area contributed by atoms with E-state index < -0.39 is 0 Å². The quantitative estimate of drug-likeness (QED) is 0.849. The van der Waals surface area contributed by atoms with Crippen LogP contribution in [0.4, 0.5) is 0 Å². The van der Waals surface area contributed by atoms with Gasteiger partial charge in [0.05, 0.1) is 6.54 Å².